The van der Waals surface area contributed by atoms with E-state index in [4.69, 9.17) is 4.74 Å². The first-order valence-corrected chi connectivity index (χ1v) is 21.3. The summed E-state index contributed by atoms with van der Waals surface area (Å²) >= 11 is 0. The van der Waals surface area contributed by atoms with Crippen LogP contribution in [0.4, 0.5) is 0 Å². The van der Waals surface area contributed by atoms with Crippen LogP contribution in [0.25, 0.3) is 11.1 Å². The number of fused-ring (bicyclic) bond motifs is 2. The zero-order chi connectivity index (χ0) is 33.3. The van der Waals surface area contributed by atoms with Crippen molar-refractivity contribution in [2.75, 3.05) is 7.11 Å². The van der Waals surface area contributed by atoms with Crippen LogP contribution in [0.1, 0.15) is 91.8 Å². The van der Waals surface area contributed by atoms with E-state index in [1.54, 1.807) is 5.57 Å². The molecule has 0 saturated heterocycles. The van der Waals surface area contributed by atoms with Gasteiger partial charge in [-0.2, -0.15) is 0 Å². The molecule has 6 rings (SSSR count). The highest BCUT2D eigenvalue weighted by Gasteiger charge is 2.59. The summed E-state index contributed by atoms with van der Waals surface area (Å²) < 4.78 is 6.35. The Bertz CT molecular complexity index is 1570. The molecule has 2 heteroatoms. The topological polar surface area (TPSA) is 9.23 Å². The van der Waals surface area contributed by atoms with Crippen molar-refractivity contribution in [3.05, 3.63) is 106 Å². The number of methoxy groups -OCH3 is 1. The first-order chi connectivity index (χ1) is 21.5. The van der Waals surface area contributed by atoms with Gasteiger partial charge in [0.2, 0.25) is 0 Å². The third kappa shape index (κ3) is 5.65. The van der Waals surface area contributed by atoms with Gasteiger partial charge in [0.1, 0.15) is 5.76 Å². The third-order valence-electron chi connectivity index (χ3n) is 12.6. The van der Waals surface area contributed by atoms with Gasteiger partial charge in [-0.05, 0) is 105 Å². The highest BCUT2D eigenvalue weighted by atomic mass is 28.3. The minimum absolute atomic E-state index is 0.0234. The van der Waals surface area contributed by atoms with Gasteiger partial charge in [-0.25, -0.2) is 0 Å². The molecule has 1 nitrogen and oxygen atoms in total. The summed E-state index contributed by atoms with van der Waals surface area (Å²) in [6.07, 6.45) is 10.5. The quantitative estimate of drug-likeness (QED) is 0.298. The van der Waals surface area contributed by atoms with Gasteiger partial charge >= 0.3 is 0 Å². The molecule has 0 aromatic heterocycles. The Kier molecular flexibility index (Phi) is 8.57. The van der Waals surface area contributed by atoms with E-state index in [1.165, 1.54) is 46.3 Å². The Labute approximate surface area is 282 Å². The van der Waals surface area contributed by atoms with E-state index < -0.39 is 8.07 Å². The lowest BCUT2D eigenvalue weighted by Crippen LogP contribution is -2.46. The van der Waals surface area contributed by atoms with Crippen LogP contribution in [0.5, 0.6) is 0 Å². The highest BCUT2D eigenvalue weighted by molar-refractivity contribution is 6.80. The maximum Gasteiger partial charge on any atom is 0.126 e. The van der Waals surface area contributed by atoms with Crippen LogP contribution >= 0.6 is 0 Å². The first-order valence-electron chi connectivity index (χ1n) is 18.1. The lowest BCUT2D eigenvalue weighted by molar-refractivity contribution is 0.274. The number of hydrogen-bond donors (Lipinski definition) is 0. The Morgan fingerprint density at radius 2 is 1.26 bits per heavy atom. The molecule has 0 radical (unpaired) electrons. The third-order valence-corrected chi connectivity index (χ3v) is 17.9. The summed E-state index contributed by atoms with van der Waals surface area (Å²) in [5, 5.41) is 0. The molecule has 46 heavy (non-hydrogen) atoms. The van der Waals surface area contributed by atoms with Gasteiger partial charge in [0.15, 0.2) is 0 Å². The van der Waals surface area contributed by atoms with E-state index in [1.807, 2.05) is 7.11 Å². The molecule has 246 valence electrons. The van der Waals surface area contributed by atoms with Gasteiger partial charge in [0.05, 0.1) is 15.2 Å². The summed E-state index contributed by atoms with van der Waals surface area (Å²) in [4.78, 5) is 0. The number of hydrogen-bond acceptors (Lipinski definition) is 1. The molecule has 2 aromatic carbocycles. The maximum absolute atomic E-state index is 6.35. The van der Waals surface area contributed by atoms with Crippen LogP contribution < -0.4 is 0 Å². The molecule has 4 aliphatic rings. The lowest BCUT2D eigenvalue weighted by atomic mass is 9.72. The highest BCUT2D eigenvalue weighted by Crippen LogP contribution is 2.66. The van der Waals surface area contributed by atoms with Crippen LogP contribution in [0.2, 0.25) is 24.2 Å². The SMILES string of the molecule is COC1=C(c2ccccc2)C2CC(C)C([Si](C)(C)C3C(C)CC4C(c5ccc(C(C)(C)C)cc5)=CC(C)=CC43)C2C=C1C(C)(C)C. The second-order valence-corrected chi connectivity index (χ2v) is 23.1. The molecular weight excluding hydrogens is 573 g/mol. The van der Waals surface area contributed by atoms with Crippen molar-refractivity contribution in [3.63, 3.8) is 0 Å². The first kappa shape index (κ1) is 33.3. The largest absolute Gasteiger partial charge is 0.496 e. The molecule has 0 N–H and O–H groups in total. The Hall–Kier alpha value is -2.58. The van der Waals surface area contributed by atoms with E-state index in [-0.39, 0.29) is 10.8 Å². The summed E-state index contributed by atoms with van der Waals surface area (Å²) in [5.41, 5.74) is 11.9. The standard InChI is InChI=1S/C44H60OSi/c1-27-22-33(30-18-20-32(21-19-30)43(4,5)6)34-24-28(2)41(36(34)23-27)46(11,12)42-29(3)25-35-37(42)26-38(44(7,8)9)40(45-10)39(35)31-16-14-13-15-17-31/h13-23,26,28-29,34-37,41-42H,24-25H2,1-12H3. The molecule has 0 amide bonds. The van der Waals surface area contributed by atoms with Crippen molar-refractivity contribution in [1.82, 2.24) is 0 Å². The normalized spacial score (nSPS) is 31.6. The number of ether oxygens (including phenoxy) is 1. The predicted molar refractivity (Wildman–Crippen MR) is 201 cm³/mol. The smallest absolute Gasteiger partial charge is 0.126 e. The number of allylic oxidation sites excluding steroid dienone is 7. The molecular formula is C44H60OSi. The average Bonchev–Trinajstić information content (AvgIpc) is 3.51. The van der Waals surface area contributed by atoms with E-state index in [9.17, 15) is 0 Å². The fourth-order valence-corrected chi connectivity index (χ4v) is 17.2. The van der Waals surface area contributed by atoms with Crippen molar-refractivity contribution in [2.45, 2.75) is 105 Å². The minimum Gasteiger partial charge on any atom is -0.496 e. The van der Waals surface area contributed by atoms with E-state index >= 15 is 0 Å². The molecule has 8 unspecified atom stereocenters. The van der Waals surface area contributed by atoms with E-state index in [2.05, 4.69) is 148 Å². The second kappa shape index (κ2) is 11.8. The van der Waals surface area contributed by atoms with Crippen LogP contribution in [0.3, 0.4) is 0 Å². The Morgan fingerprint density at radius 3 is 1.80 bits per heavy atom. The summed E-state index contributed by atoms with van der Waals surface area (Å²) in [7, 11) is 0.0904. The van der Waals surface area contributed by atoms with Gasteiger partial charge < -0.3 is 4.74 Å². The summed E-state index contributed by atoms with van der Waals surface area (Å²) in [6.45, 7) is 27.2. The lowest BCUT2D eigenvalue weighted by Gasteiger charge is -2.47. The molecule has 2 fully saturated rings. The molecule has 0 bridgehead atoms. The zero-order valence-electron chi connectivity index (χ0n) is 30.9. The number of benzene rings is 2. The zero-order valence-corrected chi connectivity index (χ0v) is 31.9. The molecule has 4 aliphatic carbocycles. The average molecular weight is 633 g/mol. The number of rotatable bonds is 5. The van der Waals surface area contributed by atoms with Crippen LogP contribution in [0, 0.1) is 40.9 Å². The second-order valence-electron chi connectivity index (χ2n) is 18.1. The van der Waals surface area contributed by atoms with Gasteiger partial charge in [-0.3, -0.25) is 0 Å². The van der Waals surface area contributed by atoms with Crippen molar-refractivity contribution in [2.24, 2.45) is 40.9 Å². The van der Waals surface area contributed by atoms with Gasteiger partial charge in [-0.1, -0.05) is 147 Å². The van der Waals surface area contributed by atoms with Gasteiger partial charge in [0.25, 0.3) is 0 Å². The van der Waals surface area contributed by atoms with Crippen molar-refractivity contribution in [3.8, 4) is 0 Å². The fourth-order valence-electron chi connectivity index (χ4n) is 11.0. The Balaban J connectivity index is 1.39. The van der Waals surface area contributed by atoms with Crippen molar-refractivity contribution in [1.29, 1.82) is 0 Å². The monoisotopic (exact) mass is 632 g/mol. The summed E-state index contributed by atoms with van der Waals surface area (Å²) in [5.74, 6) is 4.91. The maximum atomic E-state index is 6.35. The van der Waals surface area contributed by atoms with Gasteiger partial charge in [0, 0.05) is 5.57 Å². The van der Waals surface area contributed by atoms with Crippen LogP contribution in [0.15, 0.2) is 89.7 Å². The predicted octanol–water partition coefficient (Wildman–Crippen LogP) is 12.4. The molecule has 0 heterocycles. The van der Waals surface area contributed by atoms with E-state index in [0.717, 1.165) is 22.8 Å². The molecule has 8 atom stereocenters. The van der Waals surface area contributed by atoms with E-state index in [0.29, 0.717) is 29.6 Å². The Morgan fingerprint density at radius 1 is 0.696 bits per heavy atom. The van der Waals surface area contributed by atoms with Crippen molar-refractivity contribution < 1.29 is 4.74 Å². The minimum atomic E-state index is -1.81. The molecule has 0 spiro atoms. The van der Waals surface area contributed by atoms with Gasteiger partial charge in [-0.15, -0.1) is 0 Å². The molecule has 2 aromatic rings. The molecule has 2 saturated carbocycles. The fraction of sp³-hybridized carbons (Fsp3) is 0.545. The molecule has 0 aliphatic heterocycles. The summed E-state index contributed by atoms with van der Waals surface area (Å²) in [6, 6.07) is 20.8. The van der Waals surface area contributed by atoms with Crippen LogP contribution in [-0.4, -0.2) is 15.2 Å². The van der Waals surface area contributed by atoms with Crippen molar-refractivity contribution >= 4 is 19.2 Å². The van der Waals surface area contributed by atoms with Crippen LogP contribution in [-0.2, 0) is 10.2 Å².